The molecule has 0 amide bonds. The maximum atomic E-state index is 10.3. The van der Waals surface area contributed by atoms with Crippen LogP contribution < -0.4 is 15.9 Å². The van der Waals surface area contributed by atoms with Crippen molar-refractivity contribution in [2.75, 3.05) is 0 Å². The summed E-state index contributed by atoms with van der Waals surface area (Å²) in [5.41, 5.74) is 0. The van der Waals surface area contributed by atoms with E-state index in [1.165, 1.54) is 54.6 Å². The Hall–Kier alpha value is -3.11. The third-order valence-electron chi connectivity index (χ3n) is 3.65. The zero-order valence-corrected chi connectivity index (χ0v) is 13.7. The first kappa shape index (κ1) is 16.7. The Morgan fingerprint density at radius 3 is 0.800 bits per heavy atom. The topological polar surface area (TPSA) is 121 Å². The molecule has 7 heteroatoms. The molecule has 6 nitrogen and oxygen atoms in total. The molecule has 3 aromatic rings. The van der Waals surface area contributed by atoms with Gasteiger partial charge in [0.25, 0.3) is 0 Å². The summed E-state index contributed by atoms with van der Waals surface area (Å²) in [5.74, 6) is -1.77. The summed E-state index contributed by atoms with van der Waals surface area (Å²) in [7, 11) is -2.07. The van der Waals surface area contributed by atoms with Crippen LogP contribution in [0.3, 0.4) is 0 Å². The van der Waals surface area contributed by atoms with Crippen LogP contribution in [-0.4, -0.2) is 30.6 Å². The first-order valence-corrected chi connectivity index (χ1v) is 8.59. The Morgan fingerprint density at radius 1 is 0.400 bits per heavy atom. The van der Waals surface area contributed by atoms with Crippen LogP contribution >= 0.6 is 7.92 Å². The molecule has 0 heterocycles. The van der Waals surface area contributed by atoms with Gasteiger partial charge >= 0.3 is 0 Å². The van der Waals surface area contributed by atoms with Gasteiger partial charge < -0.3 is 30.6 Å². The van der Waals surface area contributed by atoms with Gasteiger partial charge in [0.1, 0.15) is 34.5 Å². The van der Waals surface area contributed by atoms with Crippen molar-refractivity contribution < 1.29 is 30.6 Å². The molecular formula is C18H15O6P. The van der Waals surface area contributed by atoms with Crippen molar-refractivity contribution in [2.24, 2.45) is 0 Å². The largest absolute Gasteiger partial charge is 0.507 e. The molecule has 0 fully saturated rings. The third-order valence-corrected chi connectivity index (χ3v) is 6.37. The van der Waals surface area contributed by atoms with Gasteiger partial charge in [-0.25, -0.2) is 0 Å². The molecule has 25 heavy (non-hydrogen) atoms. The van der Waals surface area contributed by atoms with Crippen molar-refractivity contribution in [1.82, 2.24) is 0 Å². The minimum Gasteiger partial charge on any atom is -0.507 e. The molecule has 128 valence electrons. The Balaban J connectivity index is 2.42. The second-order valence-corrected chi connectivity index (χ2v) is 7.28. The summed E-state index contributed by atoms with van der Waals surface area (Å²) in [6, 6.07) is 12.3. The molecule has 0 atom stereocenters. The fourth-order valence-corrected chi connectivity index (χ4v) is 5.07. The standard InChI is InChI=1S/C18H15O6P/c19-10-4-1-5-11(20)16(10)25(17-12(21)6-2-7-13(17)22)18-14(23)8-3-9-15(18)24/h1-9,19-24H. The summed E-state index contributed by atoms with van der Waals surface area (Å²) < 4.78 is 0. The highest BCUT2D eigenvalue weighted by atomic mass is 31.1. The van der Waals surface area contributed by atoms with Crippen LogP contribution in [0.5, 0.6) is 34.5 Å². The SMILES string of the molecule is Oc1cccc(O)c1P(c1c(O)cccc1O)c1c(O)cccc1O. The van der Waals surface area contributed by atoms with Gasteiger partial charge in [0.2, 0.25) is 0 Å². The van der Waals surface area contributed by atoms with Crippen molar-refractivity contribution >= 4 is 23.8 Å². The third kappa shape index (κ3) is 2.88. The number of hydrogen-bond donors (Lipinski definition) is 6. The molecule has 0 bridgehead atoms. The average molecular weight is 358 g/mol. The van der Waals surface area contributed by atoms with E-state index in [0.717, 1.165) is 0 Å². The highest BCUT2D eigenvalue weighted by Gasteiger charge is 2.32. The Labute approximate surface area is 144 Å². The number of phenols is 6. The highest BCUT2D eigenvalue weighted by Crippen LogP contribution is 2.48. The van der Waals surface area contributed by atoms with Crippen LogP contribution in [0.15, 0.2) is 54.6 Å². The molecule has 0 aromatic heterocycles. The number of hydrogen-bond acceptors (Lipinski definition) is 6. The predicted molar refractivity (Wildman–Crippen MR) is 95.1 cm³/mol. The van der Waals surface area contributed by atoms with E-state index >= 15 is 0 Å². The zero-order valence-electron chi connectivity index (χ0n) is 12.8. The summed E-state index contributed by atoms with van der Waals surface area (Å²) in [6.07, 6.45) is 0. The number of phenolic OH excluding ortho intramolecular Hbond substituents is 6. The molecule has 0 spiro atoms. The fraction of sp³-hybridized carbons (Fsp3) is 0. The molecule has 0 aliphatic rings. The van der Waals surface area contributed by atoms with Crippen molar-refractivity contribution in [3.8, 4) is 34.5 Å². The molecular weight excluding hydrogens is 343 g/mol. The summed E-state index contributed by atoms with van der Waals surface area (Å²) in [4.78, 5) is 0. The Morgan fingerprint density at radius 2 is 0.600 bits per heavy atom. The van der Waals surface area contributed by atoms with Crippen molar-refractivity contribution in [1.29, 1.82) is 0 Å². The lowest BCUT2D eigenvalue weighted by Gasteiger charge is -2.24. The molecule has 0 aliphatic carbocycles. The van der Waals surface area contributed by atoms with Gasteiger partial charge in [-0.05, 0) is 36.4 Å². The van der Waals surface area contributed by atoms with E-state index in [2.05, 4.69) is 0 Å². The number of aromatic hydroxyl groups is 6. The maximum Gasteiger partial charge on any atom is 0.127 e. The monoisotopic (exact) mass is 358 g/mol. The summed E-state index contributed by atoms with van der Waals surface area (Å²) >= 11 is 0. The minimum absolute atomic E-state index is 0.00824. The van der Waals surface area contributed by atoms with Crippen molar-refractivity contribution in [2.45, 2.75) is 0 Å². The highest BCUT2D eigenvalue weighted by molar-refractivity contribution is 7.81. The average Bonchev–Trinajstić information content (AvgIpc) is 2.53. The number of rotatable bonds is 3. The van der Waals surface area contributed by atoms with Gasteiger partial charge in [0.05, 0.1) is 15.9 Å². The van der Waals surface area contributed by atoms with E-state index in [4.69, 9.17) is 0 Å². The van der Waals surface area contributed by atoms with E-state index in [-0.39, 0.29) is 50.4 Å². The van der Waals surface area contributed by atoms with E-state index in [0.29, 0.717) is 0 Å². The van der Waals surface area contributed by atoms with Crippen molar-refractivity contribution in [3.63, 3.8) is 0 Å². The molecule has 3 aromatic carbocycles. The molecule has 0 unspecified atom stereocenters. The smallest absolute Gasteiger partial charge is 0.127 e. The quantitative estimate of drug-likeness (QED) is 0.396. The fourth-order valence-electron chi connectivity index (χ4n) is 2.58. The van der Waals surface area contributed by atoms with Gasteiger partial charge in [-0.2, -0.15) is 0 Å². The van der Waals surface area contributed by atoms with Crippen molar-refractivity contribution in [3.05, 3.63) is 54.6 Å². The molecule has 0 saturated heterocycles. The molecule has 3 rings (SSSR count). The van der Waals surface area contributed by atoms with Gasteiger partial charge in [0.15, 0.2) is 0 Å². The van der Waals surface area contributed by atoms with E-state index < -0.39 is 7.92 Å². The Bertz CT molecular complexity index is 758. The second kappa shape index (κ2) is 6.42. The van der Waals surface area contributed by atoms with E-state index in [9.17, 15) is 30.6 Å². The lowest BCUT2D eigenvalue weighted by Crippen LogP contribution is -2.22. The Kier molecular flexibility index (Phi) is 4.30. The van der Waals surface area contributed by atoms with Gasteiger partial charge in [-0.3, -0.25) is 0 Å². The normalized spacial score (nSPS) is 10.9. The molecule has 0 radical (unpaired) electrons. The second-order valence-electron chi connectivity index (χ2n) is 5.27. The minimum atomic E-state index is -2.07. The first-order valence-electron chi connectivity index (χ1n) is 7.24. The van der Waals surface area contributed by atoms with E-state index in [1.807, 2.05) is 0 Å². The summed E-state index contributed by atoms with van der Waals surface area (Å²) in [6.45, 7) is 0. The molecule has 0 aliphatic heterocycles. The van der Waals surface area contributed by atoms with Gasteiger partial charge in [-0.15, -0.1) is 0 Å². The lowest BCUT2D eigenvalue weighted by atomic mass is 10.3. The van der Waals surface area contributed by atoms with Crippen LogP contribution in [0.4, 0.5) is 0 Å². The lowest BCUT2D eigenvalue weighted by molar-refractivity contribution is 0.456. The zero-order chi connectivity index (χ0) is 18.1. The van der Waals surface area contributed by atoms with Crippen LogP contribution in [0, 0.1) is 0 Å². The van der Waals surface area contributed by atoms with Crippen LogP contribution in [0.2, 0.25) is 0 Å². The van der Waals surface area contributed by atoms with Crippen LogP contribution in [0.25, 0.3) is 0 Å². The van der Waals surface area contributed by atoms with Gasteiger partial charge in [0, 0.05) is 7.92 Å². The van der Waals surface area contributed by atoms with Gasteiger partial charge in [-0.1, -0.05) is 18.2 Å². The predicted octanol–water partition coefficient (Wildman–Crippen LogP) is 1.68. The molecule has 6 N–H and O–H groups in total. The first-order chi connectivity index (χ1) is 11.9. The molecule has 0 saturated carbocycles. The summed E-state index contributed by atoms with van der Waals surface area (Å²) in [5, 5.41) is 61.6. The maximum absolute atomic E-state index is 10.3. The van der Waals surface area contributed by atoms with E-state index in [1.54, 1.807) is 0 Å². The number of benzene rings is 3. The van der Waals surface area contributed by atoms with Crippen LogP contribution in [-0.2, 0) is 0 Å². The van der Waals surface area contributed by atoms with Crippen LogP contribution in [0.1, 0.15) is 0 Å².